The van der Waals surface area contributed by atoms with Crippen LogP contribution in [0.3, 0.4) is 0 Å². The number of hydrogen-bond acceptors (Lipinski definition) is 4. The lowest BCUT2D eigenvalue weighted by Gasteiger charge is -2.13. The Hall–Kier alpha value is -2.14. The van der Waals surface area contributed by atoms with E-state index in [0.29, 0.717) is 11.7 Å². The van der Waals surface area contributed by atoms with Crippen molar-refractivity contribution in [3.05, 3.63) is 65.0 Å². The Balaban J connectivity index is 1.80. The van der Waals surface area contributed by atoms with Gasteiger partial charge in [0.05, 0.1) is 0 Å². The molecule has 0 radical (unpaired) electrons. The van der Waals surface area contributed by atoms with Crippen LogP contribution in [-0.4, -0.2) is 10.1 Å². The summed E-state index contributed by atoms with van der Waals surface area (Å²) in [5.74, 6) is 1.85. The zero-order valence-corrected chi connectivity index (χ0v) is 13.7. The number of halogens is 1. The third-order valence-corrected chi connectivity index (χ3v) is 3.74. The largest absolute Gasteiger partial charge is 0.481 e. The lowest BCUT2D eigenvalue weighted by Crippen LogP contribution is -2.06. The van der Waals surface area contributed by atoms with E-state index in [1.807, 2.05) is 61.5 Å². The van der Waals surface area contributed by atoms with Gasteiger partial charge in [-0.05, 0) is 42.8 Å². The second-order valence-electron chi connectivity index (χ2n) is 4.79. The van der Waals surface area contributed by atoms with Crippen LogP contribution < -0.4 is 4.74 Å². The van der Waals surface area contributed by atoms with E-state index in [9.17, 15) is 0 Å². The van der Waals surface area contributed by atoms with Crippen molar-refractivity contribution < 1.29 is 9.26 Å². The van der Waals surface area contributed by atoms with Crippen molar-refractivity contribution in [3.63, 3.8) is 0 Å². The van der Waals surface area contributed by atoms with Gasteiger partial charge in [-0.2, -0.15) is 4.98 Å². The lowest BCUT2D eigenvalue weighted by molar-refractivity contribution is 0.154. The third kappa shape index (κ3) is 3.36. The van der Waals surface area contributed by atoms with E-state index >= 15 is 0 Å². The SMILES string of the molecule is CC[C@@H](Oc1ccccc1)c1nc(-c2ccc(Br)cc2)no1. The fraction of sp³-hybridized carbons (Fsp3) is 0.176. The van der Waals surface area contributed by atoms with Gasteiger partial charge >= 0.3 is 0 Å². The van der Waals surface area contributed by atoms with Crippen LogP contribution in [0.25, 0.3) is 11.4 Å². The van der Waals surface area contributed by atoms with Gasteiger partial charge in [0.2, 0.25) is 5.82 Å². The quantitative estimate of drug-likeness (QED) is 0.641. The first kappa shape index (κ1) is 14.8. The minimum absolute atomic E-state index is 0.251. The topological polar surface area (TPSA) is 48.2 Å². The van der Waals surface area contributed by atoms with Crippen molar-refractivity contribution in [1.82, 2.24) is 10.1 Å². The van der Waals surface area contributed by atoms with Gasteiger partial charge in [-0.1, -0.05) is 46.2 Å². The molecule has 0 aliphatic heterocycles. The summed E-state index contributed by atoms with van der Waals surface area (Å²) < 4.78 is 12.3. The van der Waals surface area contributed by atoms with Gasteiger partial charge in [0.1, 0.15) is 5.75 Å². The monoisotopic (exact) mass is 358 g/mol. The van der Waals surface area contributed by atoms with Crippen LogP contribution in [0.2, 0.25) is 0 Å². The maximum Gasteiger partial charge on any atom is 0.268 e. The molecule has 0 fully saturated rings. The molecule has 0 bridgehead atoms. The summed E-state index contributed by atoms with van der Waals surface area (Å²) in [5, 5.41) is 4.05. The number of rotatable bonds is 5. The maximum atomic E-state index is 5.91. The van der Waals surface area contributed by atoms with Crippen molar-refractivity contribution in [1.29, 1.82) is 0 Å². The standard InChI is InChI=1S/C17H15BrN2O2/c1-2-15(21-14-6-4-3-5-7-14)17-19-16(20-22-17)12-8-10-13(18)11-9-12/h3-11,15H,2H2,1H3/t15-/m1/s1. The fourth-order valence-corrected chi connectivity index (χ4v) is 2.32. The Morgan fingerprint density at radius 3 is 2.50 bits per heavy atom. The van der Waals surface area contributed by atoms with Gasteiger partial charge in [0, 0.05) is 10.0 Å². The van der Waals surface area contributed by atoms with E-state index in [0.717, 1.165) is 22.2 Å². The molecule has 112 valence electrons. The molecular formula is C17H15BrN2O2. The average Bonchev–Trinajstić information content (AvgIpc) is 3.04. The van der Waals surface area contributed by atoms with Gasteiger partial charge in [-0.25, -0.2) is 0 Å². The van der Waals surface area contributed by atoms with Gasteiger partial charge < -0.3 is 9.26 Å². The van der Waals surface area contributed by atoms with Crippen molar-refractivity contribution >= 4 is 15.9 Å². The summed E-state index contributed by atoms with van der Waals surface area (Å²) in [6.45, 7) is 2.02. The molecule has 0 spiro atoms. The molecule has 0 aliphatic carbocycles. The van der Waals surface area contributed by atoms with E-state index in [4.69, 9.17) is 9.26 Å². The zero-order valence-electron chi connectivity index (χ0n) is 12.1. The molecule has 0 N–H and O–H groups in total. The van der Waals surface area contributed by atoms with E-state index < -0.39 is 0 Å². The molecular weight excluding hydrogens is 344 g/mol. The van der Waals surface area contributed by atoms with Crippen LogP contribution in [0.5, 0.6) is 5.75 Å². The van der Waals surface area contributed by atoms with Gasteiger partial charge in [0.15, 0.2) is 6.10 Å². The Kier molecular flexibility index (Phi) is 4.53. The molecule has 1 atom stereocenters. The molecule has 0 saturated carbocycles. The summed E-state index contributed by atoms with van der Waals surface area (Å²) in [4.78, 5) is 4.46. The maximum absolute atomic E-state index is 5.91. The summed E-state index contributed by atoms with van der Waals surface area (Å²) in [6.07, 6.45) is 0.496. The molecule has 5 heteroatoms. The smallest absolute Gasteiger partial charge is 0.268 e. The first-order chi connectivity index (χ1) is 10.8. The Morgan fingerprint density at radius 2 is 1.82 bits per heavy atom. The minimum Gasteiger partial charge on any atom is -0.481 e. The van der Waals surface area contributed by atoms with Crippen LogP contribution in [0, 0.1) is 0 Å². The second kappa shape index (κ2) is 6.75. The highest BCUT2D eigenvalue weighted by Crippen LogP contribution is 2.26. The molecule has 4 nitrogen and oxygen atoms in total. The fourth-order valence-electron chi connectivity index (χ4n) is 2.05. The number of nitrogens with zero attached hydrogens (tertiary/aromatic N) is 2. The van der Waals surface area contributed by atoms with Crippen LogP contribution in [-0.2, 0) is 0 Å². The van der Waals surface area contributed by atoms with Crippen molar-refractivity contribution in [2.24, 2.45) is 0 Å². The highest BCUT2D eigenvalue weighted by molar-refractivity contribution is 9.10. The molecule has 0 amide bonds. The molecule has 1 heterocycles. The third-order valence-electron chi connectivity index (χ3n) is 3.21. The number of ether oxygens (including phenoxy) is 1. The summed E-state index contributed by atoms with van der Waals surface area (Å²) in [6, 6.07) is 17.4. The normalized spacial score (nSPS) is 12.1. The Morgan fingerprint density at radius 1 is 1.09 bits per heavy atom. The van der Waals surface area contributed by atoms with E-state index in [2.05, 4.69) is 26.1 Å². The van der Waals surface area contributed by atoms with Gasteiger partial charge in [-0.3, -0.25) is 0 Å². The van der Waals surface area contributed by atoms with Crippen LogP contribution in [0.4, 0.5) is 0 Å². The van der Waals surface area contributed by atoms with Crippen LogP contribution in [0.1, 0.15) is 25.3 Å². The molecule has 22 heavy (non-hydrogen) atoms. The lowest BCUT2D eigenvalue weighted by atomic mass is 10.2. The number of hydrogen-bond donors (Lipinski definition) is 0. The molecule has 1 aromatic heterocycles. The van der Waals surface area contributed by atoms with Gasteiger partial charge in [-0.15, -0.1) is 0 Å². The van der Waals surface area contributed by atoms with E-state index in [1.54, 1.807) is 0 Å². The number of aromatic nitrogens is 2. The molecule has 0 saturated heterocycles. The van der Waals surface area contributed by atoms with Crippen molar-refractivity contribution in [3.8, 4) is 17.1 Å². The zero-order chi connectivity index (χ0) is 15.4. The van der Waals surface area contributed by atoms with Gasteiger partial charge in [0.25, 0.3) is 5.89 Å². The van der Waals surface area contributed by atoms with Crippen molar-refractivity contribution in [2.75, 3.05) is 0 Å². The average molecular weight is 359 g/mol. The number of para-hydroxylation sites is 1. The van der Waals surface area contributed by atoms with E-state index in [1.165, 1.54) is 0 Å². The first-order valence-corrected chi connectivity index (χ1v) is 7.87. The molecule has 3 rings (SSSR count). The highest BCUT2D eigenvalue weighted by Gasteiger charge is 2.19. The Bertz CT molecular complexity index is 726. The van der Waals surface area contributed by atoms with Crippen LogP contribution >= 0.6 is 15.9 Å². The molecule has 3 aromatic rings. The second-order valence-corrected chi connectivity index (χ2v) is 5.71. The van der Waals surface area contributed by atoms with Crippen LogP contribution in [0.15, 0.2) is 63.6 Å². The number of benzene rings is 2. The highest BCUT2D eigenvalue weighted by atomic mass is 79.9. The predicted molar refractivity (Wildman–Crippen MR) is 87.5 cm³/mol. The summed E-state index contributed by atoms with van der Waals surface area (Å²) >= 11 is 3.41. The minimum atomic E-state index is -0.251. The summed E-state index contributed by atoms with van der Waals surface area (Å²) in [5.41, 5.74) is 0.910. The predicted octanol–water partition coefficient (Wildman–Crippen LogP) is 5.03. The van der Waals surface area contributed by atoms with Crippen molar-refractivity contribution in [2.45, 2.75) is 19.4 Å². The molecule has 0 aliphatic rings. The molecule has 0 unspecified atom stereocenters. The summed E-state index contributed by atoms with van der Waals surface area (Å²) in [7, 11) is 0. The first-order valence-electron chi connectivity index (χ1n) is 7.07. The Labute approximate surface area is 137 Å². The molecule has 2 aromatic carbocycles. The van der Waals surface area contributed by atoms with E-state index in [-0.39, 0.29) is 6.10 Å².